The van der Waals surface area contributed by atoms with Gasteiger partial charge in [0, 0.05) is 22.2 Å². The Bertz CT molecular complexity index is 1360. The smallest absolute Gasteiger partial charge is 0.300 e. The molecule has 4 rings (SSSR count). The van der Waals surface area contributed by atoms with Gasteiger partial charge in [0.05, 0.1) is 26.9 Å². The predicted molar refractivity (Wildman–Crippen MR) is 140 cm³/mol. The summed E-state index contributed by atoms with van der Waals surface area (Å²) in [4.78, 5) is 29.1. The maximum Gasteiger partial charge on any atom is 0.300 e. The zero-order valence-corrected chi connectivity index (χ0v) is 21.9. The van der Waals surface area contributed by atoms with E-state index >= 15 is 0 Å². The predicted octanol–water partition coefficient (Wildman–Crippen LogP) is 5.83. The number of benzene rings is 2. The number of aliphatic hydroxyl groups excluding tert-OH is 1. The van der Waals surface area contributed by atoms with Crippen molar-refractivity contribution in [1.82, 2.24) is 0 Å². The molecule has 1 aliphatic heterocycles. The lowest BCUT2D eigenvalue weighted by atomic mass is 9.94. The molecule has 2 aromatic carbocycles. The highest BCUT2D eigenvalue weighted by Gasteiger charge is 2.48. The van der Waals surface area contributed by atoms with Gasteiger partial charge in [-0.05, 0) is 65.7 Å². The number of anilines is 1. The van der Waals surface area contributed by atoms with Crippen molar-refractivity contribution < 1.29 is 28.9 Å². The van der Waals surface area contributed by atoms with Gasteiger partial charge in [0.2, 0.25) is 0 Å². The number of methoxy groups -OCH3 is 3. The largest absolute Gasteiger partial charge is 0.507 e. The van der Waals surface area contributed by atoms with E-state index in [4.69, 9.17) is 14.2 Å². The van der Waals surface area contributed by atoms with Gasteiger partial charge in [-0.1, -0.05) is 13.8 Å². The fourth-order valence-corrected chi connectivity index (χ4v) is 5.50. The molecule has 3 aromatic rings. The van der Waals surface area contributed by atoms with Gasteiger partial charge in [0.1, 0.15) is 17.6 Å². The fourth-order valence-electron chi connectivity index (χ4n) is 4.47. The van der Waals surface area contributed by atoms with Crippen molar-refractivity contribution >= 4 is 34.5 Å². The summed E-state index contributed by atoms with van der Waals surface area (Å²) >= 11 is 1.43. The molecule has 0 saturated carbocycles. The van der Waals surface area contributed by atoms with Crippen LogP contribution in [0.25, 0.3) is 5.76 Å². The number of hydrogen-bond donors (Lipinski definition) is 1. The minimum absolute atomic E-state index is 0.0419. The summed E-state index contributed by atoms with van der Waals surface area (Å²) in [5.41, 5.74) is 2.76. The second-order valence-corrected chi connectivity index (χ2v) is 9.74. The molecule has 188 valence electrons. The van der Waals surface area contributed by atoms with Crippen LogP contribution < -0.4 is 19.1 Å². The first-order valence-electron chi connectivity index (χ1n) is 11.5. The SMILES string of the molecule is COc1ccc(N2C(=O)C(=O)/C(=C(\O)c3ccc(OC)c(C(C)C)c3)C2c2sccc2C)cc1OC. The molecule has 1 atom stereocenters. The lowest BCUT2D eigenvalue weighted by Gasteiger charge is -2.25. The van der Waals surface area contributed by atoms with Crippen molar-refractivity contribution in [2.24, 2.45) is 0 Å². The number of nitrogens with zero attached hydrogens (tertiary/aromatic N) is 1. The van der Waals surface area contributed by atoms with Crippen molar-refractivity contribution in [2.75, 3.05) is 26.2 Å². The quantitative estimate of drug-likeness (QED) is 0.246. The number of ether oxygens (including phenoxy) is 3. The molecule has 0 radical (unpaired) electrons. The van der Waals surface area contributed by atoms with Crippen molar-refractivity contribution in [3.05, 3.63) is 75.0 Å². The highest BCUT2D eigenvalue weighted by atomic mass is 32.1. The van der Waals surface area contributed by atoms with E-state index in [0.29, 0.717) is 28.5 Å². The summed E-state index contributed by atoms with van der Waals surface area (Å²) in [6, 6.07) is 11.4. The van der Waals surface area contributed by atoms with E-state index < -0.39 is 17.7 Å². The molecule has 1 amide bonds. The standard InChI is InChI=1S/C28H29NO6S/c1-15(2)19-13-17(7-9-20(19)33-4)25(30)23-24(27-16(3)11-12-36-27)29(28(32)26(23)31)18-8-10-21(34-5)22(14-18)35-6/h7-15,24,30H,1-6H3/b25-23-. The zero-order chi connectivity index (χ0) is 26.1. The van der Waals surface area contributed by atoms with E-state index in [2.05, 4.69) is 0 Å². The van der Waals surface area contributed by atoms with Crippen molar-refractivity contribution in [3.63, 3.8) is 0 Å². The lowest BCUT2D eigenvalue weighted by molar-refractivity contribution is -0.132. The molecule has 1 saturated heterocycles. The molecule has 0 spiro atoms. The van der Waals surface area contributed by atoms with Crippen LogP contribution in [-0.4, -0.2) is 38.1 Å². The Hall–Kier alpha value is -3.78. The fraction of sp³-hybridized carbons (Fsp3) is 0.286. The van der Waals surface area contributed by atoms with Gasteiger partial charge in [-0.3, -0.25) is 14.5 Å². The van der Waals surface area contributed by atoms with Gasteiger partial charge in [-0.25, -0.2) is 0 Å². The van der Waals surface area contributed by atoms with Crippen LogP contribution in [0.3, 0.4) is 0 Å². The van der Waals surface area contributed by atoms with E-state index in [1.165, 1.54) is 30.5 Å². The molecule has 2 heterocycles. The number of ketones is 1. The van der Waals surface area contributed by atoms with Crippen LogP contribution in [0.1, 0.15) is 47.4 Å². The minimum atomic E-state index is -0.798. The van der Waals surface area contributed by atoms with Crippen molar-refractivity contribution in [2.45, 2.75) is 32.7 Å². The molecular weight excluding hydrogens is 478 g/mol. The number of thiophene rings is 1. The average molecular weight is 508 g/mol. The lowest BCUT2D eigenvalue weighted by Crippen LogP contribution is -2.29. The van der Waals surface area contributed by atoms with Gasteiger partial charge in [0.25, 0.3) is 11.7 Å². The van der Waals surface area contributed by atoms with Gasteiger partial charge in [-0.2, -0.15) is 0 Å². The molecule has 1 aromatic heterocycles. The Balaban J connectivity index is 1.94. The third-order valence-electron chi connectivity index (χ3n) is 6.36. The Kier molecular flexibility index (Phi) is 7.08. The van der Waals surface area contributed by atoms with E-state index in [1.807, 2.05) is 32.2 Å². The molecule has 1 aliphatic rings. The van der Waals surface area contributed by atoms with Crippen LogP contribution in [0.15, 0.2) is 53.4 Å². The second kappa shape index (κ2) is 10.1. The van der Waals surface area contributed by atoms with Crippen LogP contribution in [0.5, 0.6) is 17.2 Å². The number of carbonyl (C=O) groups is 2. The molecule has 8 heteroatoms. The third kappa shape index (κ3) is 4.22. The van der Waals surface area contributed by atoms with E-state index in [0.717, 1.165) is 16.0 Å². The molecule has 0 aliphatic carbocycles. The monoisotopic (exact) mass is 507 g/mol. The first kappa shape index (κ1) is 25.3. The van der Waals surface area contributed by atoms with Crippen molar-refractivity contribution in [3.8, 4) is 17.2 Å². The summed E-state index contributed by atoms with van der Waals surface area (Å²) < 4.78 is 16.2. The molecule has 36 heavy (non-hydrogen) atoms. The Morgan fingerprint density at radius 3 is 2.19 bits per heavy atom. The molecule has 0 bridgehead atoms. The third-order valence-corrected chi connectivity index (χ3v) is 7.44. The van der Waals surface area contributed by atoms with Gasteiger partial charge < -0.3 is 19.3 Å². The highest BCUT2D eigenvalue weighted by Crippen LogP contribution is 2.46. The topological polar surface area (TPSA) is 85.3 Å². The number of amides is 1. The van der Waals surface area contributed by atoms with Gasteiger partial charge in [0.15, 0.2) is 11.5 Å². The summed E-state index contributed by atoms with van der Waals surface area (Å²) in [7, 11) is 4.63. The Labute approximate surface area is 214 Å². The maximum absolute atomic E-state index is 13.5. The molecule has 1 unspecified atom stereocenters. The first-order chi connectivity index (χ1) is 17.2. The van der Waals surface area contributed by atoms with Crippen LogP contribution in [-0.2, 0) is 9.59 Å². The molecular formula is C28H29NO6S. The Morgan fingerprint density at radius 2 is 1.61 bits per heavy atom. The summed E-state index contributed by atoms with van der Waals surface area (Å²) in [5.74, 6) is 0.0476. The average Bonchev–Trinajstić information content (AvgIpc) is 3.42. The van der Waals surface area contributed by atoms with E-state index in [1.54, 1.807) is 43.5 Å². The van der Waals surface area contributed by atoms with Gasteiger partial charge in [-0.15, -0.1) is 11.3 Å². The van der Waals surface area contributed by atoms with Gasteiger partial charge >= 0.3 is 0 Å². The molecule has 1 N–H and O–H groups in total. The first-order valence-corrected chi connectivity index (χ1v) is 12.4. The minimum Gasteiger partial charge on any atom is -0.507 e. The van der Waals surface area contributed by atoms with Crippen LogP contribution >= 0.6 is 11.3 Å². The Morgan fingerprint density at radius 1 is 0.944 bits per heavy atom. The number of hydrogen-bond acceptors (Lipinski definition) is 7. The number of rotatable bonds is 7. The number of aliphatic hydroxyl groups is 1. The normalized spacial score (nSPS) is 17.1. The van der Waals surface area contributed by atoms with Crippen molar-refractivity contribution in [1.29, 1.82) is 0 Å². The summed E-state index contributed by atoms with van der Waals surface area (Å²) in [6.45, 7) is 5.96. The summed E-state index contributed by atoms with van der Waals surface area (Å²) in [5, 5.41) is 13.4. The van der Waals surface area contributed by atoms with Crippen LogP contribution in [0, 0.1) is 6.92 Å². The maximum atomic E-state index is 13.5. The second-order valence-electron chi connectivity index (χ2n) is 8.79. The molecule has 1 fully saturated rings. The number of carbonyl (C=O) groups excluding carboxylic acids is 2. The van der Waals surface area contributed by atoms with Crippen LogP contribution in [0.4, 0.5) is 5.69 Å². The number of aryl methyl sites for hydroxylation is 1. The van der Waals surface area contributed by atoms with E-state index in [-0.39, 0.29) is 17.3 Å². The van der Waals surface area contributed by atoms with Crippen LogP contribution in [0.2, 0.25) is 0 Å². The number of Topliss-reactive ketones (excluding diaryl/α,β-unsaturated/α-hetero) is 1. The molecule has 7 nitrogen and oxygen atoms in total. The highest BCUT2D eigenvalue weighted by molar-refractivity contribution is 7.10. The zero-order valence-electron chi connectivity index (χ0n) is 21.1. The van der Waals surface area contributed by atoms with E-state index in [9.17, 15) is 14.7 Å². The summed E-state index contributed by atoms with van der Waals surface area (Å²) in [6.07, 6.45) is 0.